The number of carbonyl (C=O) groups is 1. The quantitative estimate of drug-likeness (QED) is 0.476. The normalized spacial score (nSPS) is 15.3. The summed E-state index contributed by atoms with van der Waals surface area (Å²) in [5, 5.41) is 14.1. The Bertz CT molecular complexity index is 1120. The van der Waals surface area contributed by atoms with Gasteiger partial charge in [0.05, 0.1) is 22.9 Å². The second kappa shape index (κ2) is 9.68. The van der Waals surface area contributed by atoms with Crippen LogP contribution in [0.15, 0.2) is 42.5 Å². The van der Waals surface area contributed by atoms with Crippen molar-refractivity contribution in [1.29, 1.82) is 0 Å². The number of amides is 1. The third kappa shape index (κ3) is 5.27. The van der Waals surface area contributed by atoms with Crippen LogP contribution < -0.4 is 9.62 Å². The maximum atomic E-state index is 13.2. The molecular formula is C23H29N3O5S. The lowest BCUT2D eigenvalue weighted by molar-refractivity contribution is -0.384. The minimum absolute atomic E-state index is 0.0881. The molecule has 0 spiro atoms. The van der Waals surface area contributed by atoms with Crippen LogP contribution in [0.5, 0.6) is 0 Å². The molecule has 2 unspecified atom stereocenters. The molecule has 8 nitrogen and oxygen atoms in total. The number of rotatable bonds is 8. The van der Waals surface area contributed by atoms with E-state index in [9.17, 15) is 23.3 Å². The maximum Gasteiger partial charge on any atom is 0.271 e. The van der Waals surface area contributed by atoms with Gasteiger partial charge in [-0.2, -0.15) is 0 Å². The summed E-state index contributed by atoms with van der Waals surface area (Å²) in [6.07, 6.45) is 5.64. The molecular weight excluding hydrogens is 430 g/mol. The number of hydrogen-bond acceptors (Lipinski definition) is 5. The van der Waals surface area contributed by atoms with Gasteiger partial charge in [-0.05, 0) is 61.8 Å². The van der Waals surface area contributed by atoms with E-state index < -0.39 is 26.9 Å². The van der Waals surface area contributed by atoms with Crippen LogP contribution in [-0.2, 0) is 27.7 Å². The van der Waals surface area contributed by atoms with Gasteiger partial charge < -0.3 is 5.32 Å². The molecule has 0 fully saturated rings. The van der Waals surface area contributed by atoms with Crippen molar-refractivity contribution in [3.05, 3.63) is 69.3 Å². The second-order valence-electron chi connectivity index (χ2n) is 8.23. The van der Waals surface area contributed by atoms with Crippen molar-refractivity contribution in [2.45, 2.75) is 58.0 Å². The number of nitro groups is 1. The van der Waals surface area contributed by atoms with Crippen LogP contribution in [0.3, 0.4) is 0 Å². The maximum absolute atomic E-state index is 13.2. The Morgan fingerprint density at radius 1 is 1.16 bits per heavy atom. The molecule has 9 heteroatoms. The Morgan fingerprint density at radius 3 is 2.47 bits per heavy atom. The molecule has 0 aliphatic heterocycles. The molecule has 0 saturated heterocycles. The summed E-state index contributed by atoms with van der Waals surface area (Å²) in [6.45, 7) is 3.58. The fraction of sp³-hybridized carbons (Fsp3) is 0.435. The first-order valence-corrected chi connectivity index (χ1v) is 12.6. The summed E-state index contributed by atoms with van der Waals surface area (Å²) in [6, 6.07) is 10.2. The Kier molecular flexibility index (Phi) is 7.18. The monoisotopic (exact) mass is 459 g/mol. The zero-order valence-corrected chi connectivity index (χ0v) is 19.4. The number of nitrogens with zero attached hydrogens (tertiary/aromatic N) is 2. The van der Waals surface area contributed by atoms with Crippen molar-refractivity contribution in [2.24, 2.45) is 0 Å². The first-order valence-electron chi connectivity index (χ1n) is 10.8. The van der Waals surface area contributed by atoms with E-state index in [-0.39, 0.29) is 23.8 Å². The first-order chi connectivity index (χ1) is 15.1. The summed E-state index contributed by atoms with van der Waals surface area (Å²) < 4.78 is 26.2. The van der Waals surface area contributed by atoms with E-state index in [2.05, 4.69) is 17.4 Å². The van der Waals surface area contributed by atoms with Gasteiger partial charge >= 0.3 is 0 Å². The number of hydrogen-bond donors (Lipinski definition) is 1. The molecule has 2 atom stereocenters. The number of nitro benzene ring substituents is 1. The van der Waals surface area contributed by atoms with E-state index in [1.54, 1.807) is 6.92 Å². The molecule has 1 aliphatic carbocycles. The lowest BCUT2D eigenvalue weighted by Gasteiger charge is -2.31. The van der Waals surface area contributed by atoms with Gasteiger partial charge in [-0.25, -0.2) is 8.42 Å². The lowest BCUT2D eigenvalue weighted by atomic mass is 9.89. The predicted octanol–water partition coefficient (Wildman–Crippen LogP) is 3.90. The molecule has 1 N–H and O–H groups in total. The minimum atomic E-state index is -3.88. The Hall–Kier alpha value is -2.94. The third-order valence-corrected chi connectivity index (χ3v) is 7.04. The van der Waals surface area contributed by atoms with Crippen molar-refractivity contribution in [3.8, 4) is 0 Å². The van der Waals surface area contributed by atoms with Gasteiger partial charge in [-0.1, -0.05) is 31.2 Å². The number of benzene rings is 2. The van der Waals surface area contributed by atoms with Crippen LogP contribution in [0.4, 0.5) is 11.4 Å². The third-order valence-electron chi connectivity index (χ3n) is 5.86. The van der Waals surface area contributed by atoms with Crippen molar-refractivity contribution < 1.29 is 18.1 Å². The fourth-order valence-electron chi connectivity index (χ4n) is 4.22. The standard InChI is InChI=1S/C23H29N3O5S/c1-4-22(25(32(3,30)31)20-10-7-11-21(15-20)26(28)29)23(27)24-16(2)18-13-12-17-8-5-6-9-19(17)14-18/h7,10-16,22H,4-6,8-9H2,1-3H3,(H,24,27). The van der Waals surface area contributed by atoms with Crippen molar-refractivity contribution in [1.82, 2.24) is 5.32 Å². The van der Waals surface area contributed by atoms with Crippen molar-refractivity contribution in [3.63, 3.8) is 0 Å². The number of non-ortho nitro benzene ring substituents is 1. The van der Waals surface area contributed by atoms with Gasteiger partial charge in [0, 0.05) is 12.1 Å². The predicted molar refractivity (Wildman–Crippen MR) is 124 cm³/mol. The summed E-state index contributed by atoms with van der Waals surface area (Å²) >= 11 is 0. The molecule has 0 saturated carbocycles. The van der Waals surface area contributed by atoms with Gasteiger partial charge in [0.15, 0.2) is 0 Å². The molecule has 2 aromatic rings. The zero-order valence-electron chi connectivity index (χ0n) is 18.6. The fourth-order valence-corrected chi connectivity index (χ4v) is 5.42. The minimum Gasteiger partial charge on any atom is -0.348 e. The Morgan fingerprint density at radius 2 is 1.84 bits per heavy atom. The summed E-state index contributed by atoms with van der Waals surface area (Å²) in [5.74, 6) is -0.449. The first kappa shape index (κ1) is 23.7. The second-order valence-corrected chi connectivity index (χ2v) is 10.1. The highest BCUT2D eigenvalue weighted by molar-refractivity contribution is 7.92. The number of nitrogens with one attached hydrogen (secondary N) is 1. The Balaban J connectivity index is 1.86. The number of sulfonamides is 1. The molecule has 172 valence electrons. The highest BCUT2D eigenvalue weighted by atomic mass is 32.2. The van der Waals surface area contributed by atoms with Crippen LogP contribution in [0.1, 0.15) is 55.8 Å². The number of fused-ring (bicyclic) bond motifs is 1. The molecule has 3 rings (SSSR count). The van der Waals surface area contributed by atoms with Crippen LogP contribution >= 0.6 is 0 Å². The smallest absolute Gasteiger partial charge is 0.271 e. The highest BCUT2D eigenvalue weighted by Gasteiger charge is 2.33. The van der Waals surface area contributed by atoms with E-state index in [0.29, 0.717) is 0 Å². The molecule has 32 heavy (non-hydrogen) atoms. The average Bonchev–Trinajstić information content (AvgIpc) is 2.76. The molecule has 1 amide bonds. The number of aryl methyl sites for hydroxylation is 2. The van der Waals surface area contributed by atoms with E-state index in [1.165, 1.54) is 41.8 Å². The molecule has 2 aromatic carbocycles. The molecule has 0 radical (unpaired) electrons. The van der Waals surface area contributed by atoms with Crippen LogP contribution in [0.25, 0.3) is 0 Å². The van der Waals surface area contributed by atoms with E-state index in [0.717, 1.165) is 35.4 Å². The summed E-state index contributed by atoms with van der Waals surface area (Å²) in [7, 11) is -3.88. The van der Waals surface area contributed by atoms with Gasteiger partial charge in [0.2, 0.25) is 15.9 Å². The number of carbonyl (C=O) groups excluding carboxylic acids is 1. The largest absolute Gasteiger partial charge is 0.348 e. The lowest BCUT2D eigenvalue weighted by Crippen LogP contribution is -2.49. The average molecular weight is 460 g/mol. The van der Waals surface area contributed by atoms with E-state index in [1.807, 2.05) is 13.0 Å². The van der Waals surface area contributed by atoms with Crippen molar-refractivity contribution in [2.75, 3.05) is 10.6 Å². The molecule has 0 heterocycles. The highest BCUT2D eigenvalue weighted by Crippen LogP contribution is 2.28. The van der Waals surface area contributed by atoms with E-state index >= 15 is 0 Å². The zero-order chi connectivity index (χ0) is 23.5. The van der Waals surface area contributed by atoms with Gasteiger partial charge in [-0.3, -0.25) is 19.2 Å². The SMILES string of the molecule is CCC(C(=O)NC(C)c1ccc2c(c1)CCCC2)N(c1cccc([N+](=O)[O-])c1)S(C)(=O)=O. The topological polar surface area (TPSA) is 110 Å². The summed E-state index contributed by atoms with van der Waals surface area (Å²) in [4.78, 5) is 23.7. The summed E-state index contributed by atoms with van der Waals surface area (Å²) in [5.41, 5.74) is 3.46. The van der Waals surface area contributed by atoms with Gasteiger partial charge in [0.25, 0.3) is 5.69 Å². The van der Waals surface area contributed by atoms with Crippen LogP contribution in [0, 0.1) is 10.1 Å². The molecule has 0 bridgehead atoms. The van der Waals surface area contributed by atoms with E-state index in [4.69, 9.17) is 0 Å². The molecule has 0 aromatic heterocycles. The van der Waals surface area contributed by atoms with Gasteiger partial charge in [-0.15, -0.1) is 0 Å². The Labute approximate surface area is 188 Å². The van der Waals surface area contributed by atoms with Crippen LogP contribution in [0.2, 0.25) is 0 Å². The number of anilines is 1. The molecule has 1 aliphatic rings. The van der Waals surface area contributed by atoms with Gasteiger partial charge in [0.1, 0.15) is 6.04 Å². The van der Waals surface area contributed by atoms with Crippen molar-refractivity contribution >= 4 is 27.3 Å². The van der Waals surface area contributed by atoms with Crippen LogP contribution in [-0.4, -0.2) is 31.5 Å².